The van der Waals surface area contributed by atoms with E-state index in [1.165, 1.54) is 41.2 Å². The van der Waals surface area contributed by atoms with Crippen LogP contribution in [0.5, 0.6) is 11.5 Å². The van der Waals surface area contributed by atoms with E-state index in [0.29, 0.717) is 22.9 Å². The molecule has 6 nitrogen and oxygen atoms in total. The van der Waals surface area contributed by atoms with Crippen molar-refractivity contribution in [1.29, 1.82) is 0 Å². The quantitative estimate of drug-likeness (QED) is 0.441. The number of halogens is 2. The lowest BCUT2D eigenvalue weighted by Gasteiger charge is -2.10. The minimum absolute atomic E-state index is 0.148. The molecule has 152 valence electrons. The minimum atomic E-state index is -3.72. The molecule has 0 bridgehead atoms. The van der Waals surface area contributed by atoms with E-state index >= 15 is 0 Å². The number of benzene rings is 3. The van der Waals surface area contributed by atoms with E-state index in [2.05, 4.69) is 9.82 Å². The Kier molecular flexibility index (Phi) is 5.43. The highest BCUT2D eigenvalue weighted by atomic mass is 35.5. The fourth-order valence-electron chi connectivity index (χ4n) is 2.68. The van der Waals surface area contributed by atoms with Crippen LogP contribution in [0.2, 0.25) is 5.02 Å². The maximum Gasteiger partial charge on any atom is 0.261 e. The number of nitrogens with one attached hydrogen (secondary N) is 1. The first-order valence-electron chi connectivity index (χ1n) is 8.77. The van der Waals surface area contributed by atoms with E-state index in [1.54, 1.807) is 48.7 Å². The second kappa shape index (κ2) is 8.17. The van der Waals surface area contributed by atoms with Crippen molar-refractivity contribution in [2.24, 2.45) is 0 Å². The highest BCUT2D eigenvalue weighted by molar-refractivity contribution is 7.92. The Morgan fingerprint density at radius 3 is 2.43 bits per heavy atom. The van der Waals surface area contributed by atoms with Gasteiger partial charge in [-0.25, -0.2) is 17.5 Å². The van der Waals surface area contributed by atoms with Crippen LogP contribution in [-0.2, 0) is 10.0 Å². The summed E-state index contributed by atoms with van der Waals surface area (Å²) in [5.74, 6) is 0.411. The van der Waals surface area contributed by atoms with Crippen molar-refractivity contribution in [2.75, 3.05) is 4.72 Å². The standard InChI is InChI=1S/C21H15ClFN3O3S/c22-20-12-16(25-30(27,28)19-4-2-1-3-5-19)8-11-21(20)29-18-13-24-26(14-18)17-9-6-15(23)7-10-17/h1-14,25H. The van der Waals surface area contributed by atoms with Gasteiger partial charge in [0.25, 0.3) is 10.0 Å². The van der Waals surface area contributed by atoms with Gasteiger partial charge in [0.15, 0.2) is 5.75 Å². The summed E-state index contributed by atoms with van der Waals surface area (Å²) in [4.78, 5) is 0.148. The molecule has 1 aromatic heterocycles. The molecule has 0 atom stereocenters. The predicted molar refractivity (Wildman–Crippen MR) is 112 cm³/mol. The first-order valence-corrected chi connectivity index (χ1v) is 10.6. The van der Waals surface area contributed by atoms with Crippen LogP contribution in [0.15, 0.2) is 90.1 Å². The molecule has 0 unspecified atom stereocenters. The van der Waals surface area contributed by atoms with Crippen molar-refractivity contribution in [3.05, 3.63) is 96.0 Å². The lowest BCUT2D eigenvalue weighted by molar-refractivity contribution is 0.483. The summed E-state index contributed by atoms with van der Waals surface area (Å²) in [6.45, 7) is 0. The molecule has 9 heteroatoms. The van der Waals surface area contributed by atoms with Gasteiger partial charge in [0, 0.05) is 0 Å². The predicted octanol–water partition coefficient (Wildman–Crippen LogP) is 5.26. The first-order chi connectivity index (χ1) is 14.4. The summed E-state index contributed by atoms with van der Waals surface area (Å²) in [5, 5.41) is 4.40. The van der Waals surface area contributed by atoms with Crippen LogP contribution in [-0.4, -0.2) is 18.2 Å². The summed E-state index contributed by atoms with van der Waals surface area (Å²) in [6, 6.07) is 18.4. The third-order valence-electron chi connectivity index (χ3n) is 4.12. The van der Waals surface area contributed by atoms with Crippen LogP contribution in [0.25, 0.3) is 5.69 Å². The number of anilines is 1. The van der Waals surface area contributed by atoms with E-state index < -0.39 is 10.0 Å². The molecule has 1 heterocycles. The first kappa shape index (κ1) is 19.9. The Labute approximate surface area is 177 Å². The van der Waals surface area contributed by atoms with Crippen molar-refractivity contribution in [3.8, 4) is 17.2 Å². The Bertz CT molecular complexity index is 1280. The van der Waals surface area contributed by atoms with Gasteiger partial charge in [-0.05, 0) is 54.6 Å². The van der Waals surface area contributed by atoms with Crippen LogP contribution < -0.4 is 9.46 Å². The zero-order chi connectivity index (χ0) is 21.1. The number of aromatic nitrogens is 2. The Balaban J connectivity index is 1.50. The van der Waals surface area contributed by atoms with Gasteiger partial charge in [0.05, 0.1) is 33.7 Å². The number of ether oxygens (including phenoxy) is 1. The van der Waals surface area contributed by atoms with Crippen molar-refractivity contribution in [2.45, 2.75) is 4.90 Å². The van der Waals surface area contributed by atoms with E-state index in [9.17, 15) is 12.8 Å². The van der Waals surface area contributed by atoms with E-state index in [0.717, 1.165) is 0 Å². The van der Waals surface area contributed by atoms with Gasteiger partial charge >= 0.3 is 0 Å². The van der Waals surface area contributed by atoms with Crippen molar-refractivity contribution >= 4 is 27.3 Å². The molecule has 3 aromatic carbocycles. The monoisotopic (exact) mass is 443 g/mol. The summed E-state index contributed by atoms with van der Waals surface area (Å²) < 4.78 is 47.7. The van der Waals surface area contributed by atoms with Crippen LogP contribution in [0, 0.1) is 5.82 Å². The molecule has 1 N–H and O–H groups in total. The second-order valence-corrected chi connectivity index (χ2v) is 8.35. The van der Waals surface area contributed by atoms with Gasteiger partial charge in [-0.15, -0.1) is 0 Å². The third-order valence-corrected chi connectivity index (χ3v) is 5.81. The molecule has 0 amide bonds. The zero-order valence-electron chi connectivity index (χ0n) is 15.4. The molecule has 0 fully saturated rings. The van der Waals surface area contributed by atoms with Gasteiger partial charge in [-0.3, -0.25) is 4.72 Å². The van der Waals surface area contributed by atoms with Crippen molar-refractivity contribution in [3.63, 3.8) is 0 Å². The Morgan fingerprint density at radius 2 is 1.73 bits per heavy atom. The minimum Gasteiger partial charge on any atom is -0.452 e. The van der Waals surface area contributed by atoms with Crippen LogP contribution >= 0.6 is 11.6 Å². The lowest BCUT2D eigenvalue weighted by Crippen LogP contribution is -2.12. The van der Waals surface area contributed by atoms with Crippen LogP contribution in [0.4, 0.5) is 10.1 Å². The average molecular weight is 444 g/mol. The molecule has 0 aliphatic heterocycles. The molecule has 4 rings (SSSR count). The number of hydrogen-bond donors (Lipinski definition) is 1. The van der Waals surface area contributed by atoms with E-state index in [1.807, 2.05) is 0 Å². The lowest BCUT2D eigenvalue weighted by atomic mass is 10.3. The summed E-state index contributed by atoms with van der Waals surface area (Å²) in [7, 11) is -3.72. The number of rotatable bonds is 6. The molecular formula is C21H15ClFN3O3S. The highest BCUT2D eigenvalue weighted by Gasteiger charge is 2.15. The largest absolute Gasteiger partial charge is 0.452 e. The Hall–Kier alpha value is -3.36. The maximum atomic E-state index is 13.1. The van der Waals surface area contributed by atoms with E-state index in [-0.39, 0.29) is 15.7 Å². The topological polar surface area (TPSA) is 73.2 Å². The fraction of sp³-hybridized carbons (Fsp3) is 0. The van der Waals surface area contributed by atoms with Crippen LogP contribution in [0.3, 0.4) is 0 Å². The third kappa shape index (κ3) is 4.45. The smallest absolute Gasteiger partial charge is 0.261 e. The SMILES string of the molecule is O=S(=O)(Nc1ccc(Oc2cnn(-c3ccc(F)cc3)c2)c(Cl)c1)c1ccccc1. The number of sulfonamides is 1. The van der Waals surface area contributed by atoms with Crippen molar-refractivity contribution < 1.29 is 17.5 Å². The van der Waals surface area contributed by atoms with Crippen LogP contribution in [0.1, 0.15) is 0 Å². The molecule has 0 saturated carbocycles. The number of hydrogen-bond acceptors (Lipinski definition) is 4. The average Bonchev–Trinajstić information content (AvgIpc) is 3.20. The summed E-state index contributed by atoms with van der Waals surface area (Å²) in [6.07, 6.45) is 3.11. The molecule has 0 spiro atoms. The molecule has 0 saturated heterocycles. The summed E-state index contributed by atoms with van der Waals surface area (Å²) in [5.41, 5.74) is 0.973. The fourth-order valence-corrected chi connectivity index (χ4v) is 3.97. The second-order valence-electron chi connectivity index (χ2n) is 6.26. The van der Waals surface area contributed by atoms with Gasteiger partial charge in [-0.2, -0.15) is 5.10 Å². The molecular weight excluding hydrogens is 429 g/mol. The molecule has 0 aliphatic carbocycles. The summed E-state index contributed by atoms with van der Waals surface area (Å²) >= 11 is 6.27. The molecule has 4 aromatic rings. The normalized spacial score (nSPS) is 11.3. The molecule has 0 aliphatic rings. The number of nitrogens with zero attached hydrogens (tertiary/aromatic N) is 2. The van der Waals surface area contributed by atoms with Crippen molar-refractivity contribution in [1.82, 2.24) is 9.78 Å². The van der Waals surface area contributed by atoms with Gasteiger partial charge in [0.2, 0.25) is 0 Å². The Morgan fingerprint density at radius 1 is 1.00 bits per heavy atom. The highest BCUT2D eigenvalue weighted by Crippen LogP contribution is 2.32. The van der Waals surface area contributed by atoms with Gasteiger partial charge in [0.1, 0.15) is 11.6 Å². The van der Waals surface area contributed by atoms with Gasteiger partial charge in [-0.1, -0.05) is 29.8 Å². The maximum absolute atomic E-state index is 13.1. The van der Waals surface area contributed by atoms with Gasteiger partial charge < -0.3 is 4.74 Å². The van der Waals surface area contributed by atoms with E-state index in [4.69, 9.17) is 16.3 Å². The molecule has 0 radical (unpaired) electrons. The molecule has 30 heavy (non-hydrogen) atoms. The zero-order valence-corrected chi connectivity index (χ0v) is 16.9.